The summed E-state index contributed by atoms with van der Waals surface area (Å²) in [6.07, 6.45) is 20.9. The van der Waals surface area contributed by atoms with Crippen molar-refractivity contribution in [2.45, 2.75) is 104 Å². The van der Waals surface area contributed by atoms with E-state index in [1.807, 2.05) is 0 Å². The number of unbranched alkanes of at least 4 members (excludes halogenated alkanes) is 7. The van der Waals surface area contributed by atoms with Crippen molar-refractivity contribution in [1.29, 1.82) is 0 Å². The quantitative estimate of drug-likeness (QED) is 0.408. The van der Waals surface area contributed by atoms with Gasteiger partial charge in [0.05, 0.1) is 0 Å². The van der Waals surface area contributed by atoms with E-state index in [0.29, 0.717) is 0 Å². The summed E-state index contributed by atoms with van der Waals surface area (Å²) >= 11 is 0. The van der Waals surface area contributed by atoms with Gasteiger partial charge in [0.2, 0.25) is 0 Å². The van der Waals surface area contributed by atoms with Crippen LogP contribution in [0.5, 0.6) is 0 Å². The first-order chi connectivity index (χ1) is 10.4. The van der Waals surface area contributed by atoms with Crippen molar-refractivity contribution < 1.29 is 5.48 Å². The van der Waals surface area contributed by atoms with Gasteiger partial charge in [0.15, 0.2) is 0 Å². The molecule has 134 valence electrons. The molecule has 2 nitrogen and oxygen atoms in total. The van der Waals surface area contributed by atoms with E-state index in [2.05, 4.69) is 18.7 Å². The highest BCUT2D eigenvalue weighted by molar-refractivity contribution is 4.65. The molecular formula is C20H43NO. The average Bonchev–Trinajstić information content (AvgIpc) is 2.54. The fourth-order valence-electron chi connectivity index (χ4n) is 3.84. The molecule has 1 rings (SSSR count). The van der Waals surface area contributed by atoms with E-state index < -0.39 is 0 Å². The largest absolute Gasteiger partial charge is 0.412 e. The Morgan fingerprint density at radius 3 is 1.73 bits per heavy atom. The lowest BCUT2D eigenvalue weighted by molar-refractivity contribution is 0.295. The normalized spacial score (nSPS) is 16.0. The molecule has 1 saturated carbocycles. The van der Waals surface area contributed by atoms with Gasteiger partial charge in [-0.05, 0) is 32.0 Å². The third-order valence-electron chi connectivity index (χ3n) is 5.46. The van der Waals surface area contributed by atoms with E-state index in [9.17, 15) is 0 Å². The molecule has 0 unspecified atom stereocenters. The highest BCUT2D eigenvalue weighted by Crippen LogP contribution is 2.28. The van der Waals surface area contributed by atoms with Crippen LogP contribution in [0.4, 0.5) is 0 Å². The van der Waals surface area contributed by atoms with E-state index >= 15 is 0 Å². The zero-order valence-corrected chi connectivity index (χ0v) is 15.5. The second kappa shape index (κ2) is 15.8. The van der Waals surface area contributed by atoms with Gasteiger partial charge < -0.3 is 10.4 Å². The molecule has 0 aromatic heterocycles. The molecule has 0 heterocycles. The Bertz CT molecular complexity index is 210. The maximum atomic E-state index is 2.55. The molecule has 0 aromatic carbocycles. The van der Waals surface area contributed by atoms with Gasteiger partial charge in [-0.15, -0.1) is 0 Å². The Balaban J connectivity index is 0.00000441. The van der Waals surface area contributed by atoms with E-state index in [4.69, 9.17) is 0 Å². The Morgan fingerprint density at radius 2 is 1.18 bits per heavy atom. The van der Waals surface area contributed by atoms with Gasteiger partial charge in [-0.1, -0.05) is 97.3 Å². The number of rotatable bonds is 13. The lowest BCUT2D eigenvalue weighted by Gasteiger charge is -2.21. The van der Waals surface area contributed by atoms with Gasteiger partial charge in [0.25, 0.3) is 0 Å². The second-order valence-corrected chi connectivity index (χ2v) is 7.15. The summed E-state index contributed by atoms with van der Waals surface area (Å²) in [6, 6.07) is 0. The first-order valence-corrected chi connectivity index (χ1v) is 10.1. The van der Waals surface area contributed by atoms with Crippen LogP contribution in [-0.4, -0.2) is 30.0 Å². The summed E-state index contributed by atoms with van der Waals surface area (Å²) in [7, 11) is 0. The Morgan fingerprint density at radius 1 is 0.682 bits per heavy atom. The maximum absolute atomic E-state index is 2.55. The SMILES string of the molecule is CCN(CC)CCCCCCCCCCC1CCCCC1.O. The molecule has 0 spiro atoms. The zero-order valence-electron chi connectivity index (χ0n) is 15.5. The van der Waals surface area contributed by atoms with Gasteiger partial charge in [-0.25, -0.2) is 0 Å². The van der Waals surface area contributed by atoms with Crippen LogP contribution in [-0.2, 0) is 0 Å². The molecule has 0 saturated heterocycles. The molecule has 0 aliphatic heterocycles. The van der Waals surface area contributed by atoms with E-state index in [-0.39, 0.29) is 5.48 Å². The molecule has 1 fully saturated rings. The van der Waals surface area contributed by atoms with Crippen molar-refractivity contribution in [3.05, 3.63) is 0 Å². The molecule has 0 amide bonds. The van der Waals surface area contributed by atoms with Crippen molar-refractivity contribution in [3.8, 4) is 0 Å². The topological polar surface area (TPSA) is 34.7 Å². The predicted octanol–water partition coefficient (Wildman–Crippen LogP) is 5.59. The lowest BCUT2D eigenvalue weighted by Crippen LogP contribution is -2.23. The molecule has 0 radical (unpaired) electrons. The van der Waals surface area contributed by atoms with Crippen molar-refractivity contribution in [3.63, 3.8) is 0 Å². The molecule has 0 bridgehead atoms. The van der Waals surface area contributed by atoms with Gasteiger partial charge >= 0.3 is 0 Å². The average molecular weight is 314 g/mol. The minimum Gasteiger partial charge on any atom is -0.412 e. The van der Waals surface area contributed by atoms with Crippen LogP contribution in [0.15, 0.2) is 0 Å². The summed E-state index contributed by atoms with van der Waals surface area (Å²) < 4.78 is 0. The lowest BCUT2D eigenvalue weighted by atomic mass is 9.85. The van der Waals surface area contributed by atoms with Crippen molar-refractivity contribution in [2.75, 3.05) is 19.6 Å². The third-order valence-corrected chi connectivity index (χ3v) is 5.46. The standard InChI is InChI=1S/C20H41N.H2O/c1-3-21(4-2)19-15-10-8-6-5-7-9-12-16-20-17-13-11-14-18-20;/h20H,3-19H2,1-2H3;1H2. The molecule has 0 atom stereocenters. The van der Waals surface area contributed by atoms with Crippen LogP contribution in [0.3, 0.4) is 0 Å². The number of nitrogens with zero attached hydrogens (tertiary/aromatic N) is 1. The van der Waals surface area contributed by atoms with Crippen molar-refractivity contribution in [1.82, 2.24) is 4.90 Å². The third kappa shape index (κ3) is 11.5. The number of hydrogen-bond acceptors (Lipinski definition) is 1. The van der Waals surface area contributed by atoms with Gasteiger partial charge in [-0.2, -0.15) is 0 Å². The molecule has 2 heteroatoms. The summed E-state index contributed by atoms with van der Waals surface area (Å²) in [5.74, 6) is 1.10. The summed E-state index contributed by atoms with van der Waals surface area (Å²) in [6.45, 7) is 8.30. The van der Waals surface area contributed by atoms with Crippen LogP contribution < -0.4 is 0 Å². The highest BCUT2D eigenvalue weighted by atomic mass is 16.0. The minimum atomic E-state index is 0. The van der Waals surface area contributed by atoms with E-state index in [1.54, 1.807) is 0 Å². The number of hydrogen-bond donors (Lipinski definition) is 0. The first kappa shape index (κ1) is 21.9. The van der Waals surface area contributed by atoms with Gasteiger partial charge in [0, 0.05) is 0 Å². The van der Waals surface area contributed by atoms with Gasteiger partial charge in [-0.3, -0.25) is 0 Å². The zero-order chi connectivity index (χ0) is 15.2. The molecule has 1 aliphatic carbocycles. The Hall–Kier alpha value is -0.0800. The summed E-state index contributed by atoms with van der Waals surface area (Å²) in [5.41, 5.74) is 0. The fourth-order valence-corrected chi connectivity index (χ4v) is 3.84. The maximum Gasteiger partial charge on any atom is -0.00190 e. The van der Waals surface area contributed by atoms with Crippen LogP contribution in [0.25, 0.3) is 0 Å². The Labute approximate surface area is 140 Å². The van der Waals surface area contributed by atoms with Crippen LogP contribution in [0, 0.1) is 5.92 Å². The Kier molecular flexibility index (Phi) is 15.7. The summed E-state index contributed by atoms with van der Waals surface area (Å²) in [5, 5.41) is 0. The fraction of sp³-hybridized carbons (Fsp3) is 1.00. The van der Waals surface area contributed by atoms with Gasteiger partial charge in [0.1, 0.15) is 0 Å². The smallest absolute Gasteiger partial charge is 0.00190 e. The predicted molar refractivity (Wildman–Crippen MR) is 99.5 cm³/mol. The summed E-state index contributed by atoms with van der Waals surface area (Å²) in [4.78, 5) is 2.55. The van der Waals surface area contributed by atoms with Crippen molar-refractivity contribution >= 4 is 0 Å². The van der Waals surface area contributed by atoms with E-state index in [1.165, 1.54) is 110 Å². The minimum absolute atomic E-state index is 0. The van der Waals surface area contributed by atoms with E-state index in [0.717, 1.165) is 5.92 Å². The van der Waals surface area contributed by atoms with Crippen LogP contribution in [0.1, 0.15) is 104 Å². The van der Waals surface area contributed by atoms with Crippen LogP contribution >= 0.6 is 0 Å². The monoisotopic (exact) mass is 313 g/mol. The highest BCUT2D eigenvalue weighted by Gasteiger charge is 2.12. The molecule has 0 aromatic rings. The first-order valence-electron chi connectivity index (χ1n) is 10.1. The molecular weight excluding hydrogens is 270 g/mol. The van der Waals surface area contributed by atoms with Crippen molar-refractivity contribution in [2.24, 2.45) is 5.92 Å². The molecule has 22 heavy (non-hydrogen) atoms. The molecule has 1 aliphatic rings. The van der Waals surface area contributed by atoms with Crippen LogP contribution in [0.2, 0.25) is 0 Å². The second-order valence-electron chi connectivity index (χ2n) is 7.15. The molecule has 2 N–H and O–H groups in total.